The zero-order valence-electron chi connectivity index (χ0n) is 7.19. The number of hydrogen-bond donors (Lipinski definition) is 1. The predicted molar refractivity (Wildman–Crippen MR) is 44.8 cm³/mol. The molecule has 60 valence electrons. The van der Waals surface area contributed by atoms with Crippen molar-refractivity contribution in [3.05, 3.63) is 0 Å². The molecule has 10 heavy (non-hydrogen) atoms. The first-order valence-corrected chi connectivity index (χ1v) is 4.43. The minimum atomic E-state index is 0.152. The first-order chi connectivity index (χ1) is 4.64. The van der Waals surface area contributed by atoms with E-state index in [2.05, 4.69) is 13.8 Å². The van der Waals surface area contributed by atoms with Crippen LogP contribution in [0.4, 0.5) is 0 Å². The maximum atomic E-state index is 6.04. The van der Waals surface area contributed by atoms with Gasteiger partial charge in [0.2, 0.25) is 0 Å². The Balaban J connectivity index is 2.40. The van der Waals surface area contributed by atoms with Gasteiger partial charge in [-0.05, 0) is 25.7 Å². The van der Waals surface area contributed by atoms with E-state index < -0.39 is 0 Å². The summed E-state index contributed by atoms with van der Waals surface area (Å²) in [5.41, 5.74) is 6.20. The minimum Gasteiger partial charge on any atom is -0.325 e. The summed E-state index contributed by atoms with van der Waals surface area (Å²) < 4.78 is 0. The highest BCUT2D eigenvalue weighted by atomic mass is 14.7. The van der Waals surface area contributed by atoms with Crippen molar-refractivity contribution in [2.45, 2.75) is 51.5 Å². The molecule has 1 fully saturated rings. The van der Waals surface area contributed by atoms with E-state index in [9.17, 15) is 0 Å². The van der Waals surface area contributed by atoms with Gasteiger partial charge in [0.05, 0.1) is 0 Å². The summed E-state index contributed by atoms with van der Waals surface area (Å²) in [5.74, 6) is 0.906. The lowest BCUT2D eigenvalue weighted by Crippen LogP contribution is -2.40. The van der Waals surface area contributed by atoms with Crippen molar-refractivity contribution in [1.29, 1.82) is 0 Å². The van der Waals surface area contributed by atoms with Crippen LogP contribution in [0.5, 0.6) is 0 Å². The molecule has 1 heteroatoms. The smallest absolute Gasteiger partial charge is 0.0128 e. The highest BCUT2D eigenvalue weighted by Crippen LogP contribution is 2.31. The highest BCUT2D eigenvalue weighted by molar-refractivity contribution is 4.85. The monoisotopic (exact) mass is 141 g/mol. The molecule has 0 aromatic rings. The Hall–Kier alpha value is -0.0400. The highest BCUT2D eigenvalue weighted by Gasteiger charge is 2.26. The van der Waals surface area contributed by atoms with Gasteiger partial charge in [0, 0.05) is 5.54 Å². The molecule has 0 aromatic carbocycles. The molecule has 0 bridgehead atoms. The van der Waals surface area contributed by atoms with Crippen molar-refractivity contribution in [2.24, 2.45) is 11.7 Å². The standard InChI is InChI=1S/C9H19N/c1-3-8-5-4-6-9(2,10)7-8/h8H,3-7,10H2,1-2H3/t8-,9+/m0/s1. The number of nitrogens with two attached hydrogens (primary N) is 1. The number of hydrogen-bond acceptors (Lipinski definition) is 1. The largest absolute Gasteiger partial charge is 0.325 e. The van der Waals surface area contributed by atoms with E-state index in [0.717, 1.165) is 5.92 Å². The molecular formula is C9H19N. The summed E-state index contributed by atoms with van der Waals surface area (Å²) in [7, 11) is 0. The maximum Gasteiger partial charge on any atom is 0.0128 e. The summed E-state index contributed by atoms with van der Waals surface area (Å²) in [6.45, 7) is 4.46. The second-order valence-corrected chi connectivity index (χ2v) is 4.02. The van der Waals surface area contributed by atoms with Crippen LogP contribution in [0.3, 0.4) is 0 Å². The lowest BCUT2D eigenvalue weighted by atomic mass is 9.76. The van der Waals surface area contributed by atoms with E-state index in [4.69, 9.17) is 5.73 Å². The summed E-state index contributed by atoms with van der Waals surface area (Å²) in [4.78, 5) is 0. The lowest BCUT2D eigenvalue weighted by Gasteiger charge is -2.34. The van der Waals surface area contributed by atoms with Crippen LogP contribution in [0.1, 0.15) is 46.0 Å². The Morgan fingerprint density at radius 1 is 1.60 bits per heavy atom. The van der Waals surface area contributed by atoms with Crippen molar-refractivity contribution < 1.29 is 0 Å². The molecule has 0 amide bonds. The summed E-state index contributed by atoms with van der Waals surface area (Å²) in [6.07, 6.45) is 6.52. The zero-order valence-corrected chi connectivity index (χ0v) is 7.19. The third-order valence-electron chi connectivity index (χ3n) is 2.69. The Morgan fingerprint density at radius 2 is 2.30 bits per heavy atom. The molecule has 0 heterocycles. The summed E-state index contributed by atoms with van der Waals surface area (Å²) in [5, 5.41) is 0. The van der Waals surface area contributed by atoms with Gasteiger partial charge in [-0.25, -0.2) is 0 Å². The SMILES string of the molecule is CC[C@H]1CCC[C@@](C)(N)C1. The van der Waals surface area contributed by atoms with Crippen molar-refractivity contribution in [2.75, 3.05) is 0 Å². The normalized spacial score (nSPS) is 41.7. The van der Waals surface area contributed by atoms with Crippen LogP contribution in [-0.4, -0.2) is 5.54 Å². The molecule has 2 atom stereocenters. The van der Waals surface area contributed by atoms with Crippen LogP contribution in [0.2, 0.25) is 0 Å². The third kappa shape index (κ3) is 1.98. The summed E-state index contributed by atoms with van der Waals surface area (Å²) in [6, 6.07) is 0. The van der Waals surface area contributed by atoms with E-state index in [1.165, 1.54) is 32.1 Å². The topological polar surface area (TPSA) is 26.0 Å². The maximum absolute atomic E-state index is 6.04. The molecule has 2 N–H and O–H groups in total. The van der Waals surface area contributed by atoms with Crippen molar-refractivity contribution in [3.63, 3.8) is 0 Å². The second-order valence-electron chi connectivity index (χ2n) is 4.02. The van der Waals surface area contributed by atoms with Gasteiger partial charge in [-0.2, -0.15) is 0 Å². The Kier molecular flexibility index (Phi) is 2.35. The molecule has 0 saturated heterocycles. The Morgan fingerprint density at radius 3 is 2.70 bits per heavy atom. The lowest BCUT2D eigenvalue weighted by molar-refractivity contribution is 0.237. The van der Waals surface area contributed by atoms with E-state index in [-0.39, 0.29) is 5.54 Å². The van der Waals surface area contributed by atoms with Crippen LogP contribution >= 0.6 is 0 Å². The molecule has 0 aromatic heterocycles. The van der Waals surface area contributed by atoms with Gasteiger partial charge in [-0.15, -0.1) is 0 Å². The minimum absolute atomic E-state index is 0.152. The molecule has 0 radical (unpaired) electrons. The third-order valence-corrected chi connectivity index (χ3v) is 2.69. The molecule has 1 aliphatic carbocycles. The molecule has 1 aliphatic rings. The fourth-order valence-corrected chi connectivity index (χ4v) is 2.01. The van der Waals surface area contributed by atoms with Crippen LogP contribution in [-0.2, 0) is 0 Å². The van der Waals surface area contributed by atoms with E-state index in [1.807, 2.05) is 0 Å². The van der Waals surface area contributed by atoms with E-state index in [1.54, 1.807) is 0 Å². The fraction of sp³-hybridized carbons (Fsp3) is 1.00. The number of rotatable bonds is 1. The van der Waals surface area contributed by atoms with Crippen molar-refractivity contribution in [1.82, 2.24) is 0 Å². The molecule has 0 spiro atoms. The van der Waals surface area contributed by atoms with Gasteiger partial charge in [-0.1, -0.05) is 26.2 Å². The van der Waals surface area contributed by atoms with Gasteiger partial charge >= 0.3 is 0 Å². The van der Waals surface area contributed by atoms with Crippen LogP contribution in [0.25, 0.3) is 0 Å². The summed E-state index contributed by atoms with van der Waals surface area (Å²) >= 11 is 0. The van der Waals surface area contributed by atoms with Gasteiger partial charge in [-0.3, -0.25) is 0 Å². The molecule has 1 nitrogen and oxygen atoms in total. The Labute approximate surface area is 64.0 Å². The van der Waals surface area contributed by atoms with Gasteiger partial charge in [0.25, 0.3) is 0 Å². The second kappa shape index (κ2) is 2.91. The first kappa shape index (κ1) is 8.06. The predicted octanol–water partition coefficient (Wildman–Crippen LogP) is 2.30. The average Bonchev–Trinajstić information content (AvgIpc) is 1.86. The van der Waals surface area contributed by atoms with Crippen molar-refractivity contribution >= 4 is 0 Å². The fourth-order valence-electron chi connectivity index (χ4n) is 2.01. The van der Waals surface area contributed by atoms with Gasteiger partial charge in [0.15, 0.2) is 0 Å². The van der Waals surface area contributed by atoms with E-state index in [0.29, 0.717) is 0 Å². The van der Waals surface area contributed by atoms with Gasteiger partial charge < -0.3 is 5.73 Å². The van der Waals surface area contributed by atoms with E-state index >= 15 is 0 Å². The molecule has 0 aliphatic heterocycles. The molecule has 0 unspecified atom stereocenters. The van der Waals surface area contributed by atoms with Crippen LogP contribution in [0.15, 0.2) is 0 Å². The molecule has 1 rings (SSSR count). The first-order valence-electron chi connectivity index (χ1n) is 4.43. The van der Waals surface area contributed by atoms with Crippen LogP contribution < -0.4 is 5.73 Å². The molecular weight excluding hydrogens is 122 g/mol. The Bertz CT molecular complexity index is 107. The quantitative estimate of drug-likeness (QED) is 0.595. The molecule has 1 saturated carbocycles. The van der Waals surface area contributed by atoms with Gasteiger partial charge in [0.1, 0.15) is 0 Å². The van der Waals surface area contributed by atoms with Crippen LogP contribution in [0, 0.1) is 5.92 Å². The zero-order chi connectivity index (χ0) is 7.61. The van der Waals surface area contributed by atoms with Crippen molar-refractivity contribution in [3.8, 4) is 0 Å². The average molecular weight is 141 g/mol.